The van der Waals surface area contributed by atoms with Gasteiger partial charge in [-0.25, -0.2) is 4.68 Å². The summed E-state index contributed by atoms with van der Waals surface area (Å²) in [5, 5.41) is 7.71. The minimum atomic E-state index is -4.50. The maximum absolute atomic E-state index is 13.3. The number of rotatable bonds is 2. The van der Waals surface area contributed by atoms with Crippen LogP contribution in [0.1, 0.15) is 11.1 Å². The molecule has 108 valence electrons. The van der Waals surface area contributed by atoms with Crippen molar-refractivity contribution in [2.75, 3.05) is 0 Å². The van der Waals surface area contributed by atoms with E-state index in [0.717, 1.165) is 6.07 Å². The van der Waals surface area contributed by atoms with Crippen molar-refractivity contribution >= 4 is 22.6 Å². The van der Waals surface area contributed by atoms with E-state index in [0.29, 0.717) is 16.6 Å². The summed E-state index contributed by atoms with van der Waals surface area (Å²) >= 11 is 5.62. The smallest absolute Gasteiger partial charge is 0.212 e. The summed E-state index contributed by atoms with van der Waals surface area (Å²) in [6.45, 7) is 0. The van der Waals surface area contributed by atoms with Gasteiger partial charge >= 0.3 is 6.18 Å². The highest BCUT2D eigenvalue weighted by Gasteiger charge is 2.34. The fraction of sp³-hybridized carbons (Fsp3) is 0.143. The minimum absolute atomic E-state index is 0.0153. The predicted molar refractivity (Wildman–Crippen MR) is 73.4 cm³/mol. The number of halogens is 4. The predicted octanol–water partition coefficient (Wildman–Crippen LogP) is 4.18. The molecule has 7 heteroatoms. The van der Waals surface area contributed by atoms with Crippen LogP contribution in [0.3, 0.4) is 0 Å². The number of fused-ring (bicyclic) bond motifs is 1. The summed E-state index contributed by atoms with van der Waals surface area (Å²) < 4.78 is 40.9. The van der Waals surface area contributed by atoms with Crippen molar-refractivity contribution in [3.63, 3.8) is 0 Å². The number of para-hydroxylation sites is 1. The number of hydrogen-bond acceptors (Lipinski definition) is 2. The second-order valence-electron chi connectivity index (χ2n) is 4.47. The van der Waals surface area contributed by atoms with Crippen LogP contribution < -0.4 is 0 Å². The molecule has 0 radical (unpaired) electrons. The third-order valence-electron chi connectivity index (χ3n) is 3.10. The first-order valence-electron chi connectivity index (χ1n) is 6.07. The lowest BCUT2D eigenvalue weighted by Crippen LogP contribution is -2.12. The van der Waals surface area contributed by atoms with E-state index in [1.807, 2.05) is 0 Å². The van der Waals surface area contributed by atoms with Gasteiger partial charge in [-0.3, -0.25) is 0 Å². The largest absolute Gasteiger partial charge is 0.418 e. The van der Waals surface area contributed by atoms with Crippen LogP contribution in [-0.4, -0.2) is 15.0 Å². The number of hydrogen-bond donors (Lipinski definition) is 0. The topological polar surface area (TPSA) is 30.7 Å². The van der Waals surface area contributed by atoms with Crippen LogP contribution in [0.15, 0.2) is 42.5 Å². The molecule has 0 atom stereocenters. The van der Waals surface area contributed by atoms with Gasteiger partial charge in [-0.15, -0.1) is 16.7 Å². The highest BCUT2D eigenvalue weighted by molar-refractivity contribution is 6.17. The van der Waals surface area contributed by atoms with Gasteiger partial charge in [-0.05, 0) is 29.8 Å². The fourth-order valence-corrected chi connectivity index (χ4v) is 2.29. The van der Waals surface area contributed by atoms with E-state index in [2.05, 4.69) is 10.3 Å². The van der Waals surface area contributed by atoms with Crippen molar-refractivity contribution in [3.05, 3.63) is 53.6 Å². The van der Waals surface area contributed by atoms with Gasteiger partial charge in [0.15, 0.2) is 0 Å². The van der Waals surface area contributed by atoms with Crippen molar-refractivity contribution < 1.29 is 13.2 Å². The van der Waals surface area contributed by atoms with E-state index in [1.54, 1.807) is 30.3 Å². The molecule has 0 aliphatic heterocycles. The fourth-order valence-electron chi connectivity index (χ4n) is 2.12. The summed E-state index contributed by atoms with van der Waals surface area (Å²) in [6, 6.07) is 10.8. The second kappa shape index (κ2) is 5.04. The van der Waals surface area contributed by atoms with Crippen LogP contribution in [0.4, 0.5) is 13.2 Å². The molecule has 1 aromatic heterocycles. The molecule has 21 heavy (non-hydrogen) atoms. The number of aromatic nitrogens is 3. The molecule has 0 spiro atoms. The zero-order valence-corrected chi connectivity index (χ0v) is 11.4. The molecule has 0 aliphatic rings. The van der Waals surface area contributed by atoms with Crippen LogP contribution in [0, 0.1) is 0 Å². The van der Waals surface area contributed by atoms with E-state index in [1.165, 1.54) is 10.7 Å². The molecule has 3 aromatic rings. The molecule has 0 bridgehead atoms. The molecule has 0 aliphatic carbocycles. The summed E-state index contributed by atoms with van der Waals surface area (Å²) in [5.41, 5.74) is 0.604. The molecule has 3 nitrogen and oxygen atoms in total. The zero-order chi connectivity index (χ0) is 15.0. The first kappa shape index (κ1) is 13.9. The molecule has 0 saturated heterocycles. The third-order valence-corrected chi connectivity index (χ3v) is 3.41. The van der Waals surface area contributed by atoms with E-state index >= 15 is 0 Å². The normalized spacial score (nSPS) is 12.0. The first-order chi connectivity index (χ1) is 10.0. The van der Waals surface area contributed by atoms with Gasteiger partial charge in [0.05, 0.1) is 16.8 Å². The SMILES string of the molecule is FC(F)(F)c1cc(CCl)ccc1-n1nnc2ccccc21. The average Bonchev–Trinajstić information content (AvgIpc) is 2.89. The van der Waals surface area contributed by atoms with Crippen molar-refractivity contribution in [3.8, 4) is 5.69 Å². The van der Waals surface area contributed by atoms with Crippen molar-refractivity contribution in [1.29, 1.82) is 0 Å². The summed E-state index contributed by atoms with van der Waals surface area (Å²) in [6.07, 6.45) is -4.50. The highest BCUT2D eigenvalue weighted by atomic mass is 35.5. The molecule has 0 saturated carbocycles. The van der Waals surface area contributed by atoms with Gasteiger partial charge in [-0.2, -0.15) is 13.2 Å². The molecule has 2 aromatic carbocycles. The molecule has 1 heterocycles. The molecule has 0 amide bonds. The van der Waals surface area contributed by atoms with E-state index in [9.17, 15) is 13.2 Å². The average molecular weight is 312 g/mol. The number of benzene rings is 2. The maximum Gasteiger partial charge on any atom is 0.418 e. The monoisotopic (exact) mass is 311 g/mol. The minimum Gasteiger partial charge on any atom is -0.212 e. The summed E-state index contributed by atoms with van der Waals surface area (Å²) in [4.78, 5) is 0. The Hall–Kier alpha value is -2.08. The molecular weight excluding hydrogens is 303 g/mol. The van der Waals surface area contributed by atoms with E-state index in [-0.39, 0.29) is 11.6 Å². The van der Waals surface area contributed by atoms with Crippen LogP contribution in [0.25, 0.3) is 16.7 Å². The number of nitrogens with zero attached hydrogens (tertiary/aromatic N) is 3. The Bertz CT molecular complexity index is 796. The van der Waals surface area contributed by atoms with Gasteiger partial charge in [0.2, 0.25) is 0 Å². The quantitative estimate of drug-likeness (QED) is 0.665. The Morgan fingerprint density at radius 3 is 2.57 bits per heavy atom. The van der Waals surface area contributed by atoms with E-state index in [4.69, 9.17) is 11.6 Å². The molecule has 0 N–H and O–H groups in total. The lowest BCUT2D eigenvalue weighted by molar-refractivity contribution is -0.137. The van der Waals surface area contributed by atoms with Gasteiger partial charge in [0, 0.05) is 5.88 Å². The second-order valence-corrected chi connectivity index (χ2v) is 4.74. The van der Waals surface area contributed by atoms with Gasteiger partial charge in [0.1, 0.15) is 5.52 Å². The van der Waals surface area contributed by atoms with Gasteiger partial charge < -0.3 is 0 Å². The lowest BCUT2D eigenvalue weighted by Gasteiger charge is -2.14. The highest BCUT2D eigenvalue weighted by Crippen LogP contribution is 2.35. The first-order valence-corrected chi connectivity index (χ1v) is 6.61. The lowest BCUT2D eigenvalue weighted by atomic mass is 10.1. The molecule has 3 rings (SSSR count). The third kappa shape index (κ3) is 2.47. The Morgan fingerprint density at radius 1 is 1.10 bits per heavy atom. The van der Waals surface area contributed by atoms with E-state index < -0.39 is 11.7 Å². The van der Waals surface area contributed by atoms with Crippen molar-refractivity contribution in [1.82, 2.24) is 15.0 Å². The van der Waals surface area contributed by atoms with Crippen LogP contribution >= 0.6 is 11.6 Å². The maximum atomic E-state index is 13.3. The summed E-state index contributed by atoms with van der Waals surface area (Å²) in [7, 11) is 0. The van der Waals surface area contributed by atoms with Crippen LogP contribution in [-0.2, 0) is 12.1 Å². The molecule has 0 fully saturated rings. The Kier molecular flexibility index (Phi) is 3.33. The number of alkyl halides is 4. The van der Waals surface area contributed by atoms with Crippen molar-refractivity contribution in [2.45, 2.75) is 12.1 Å². The standard InChI is InChI=1S/C14H9ClF3N3/c15-8-9-5-6-12(10(7-9)14(16,17)18)21-13-4-2-1-3-11(13)19-20-21/h1-7H,8H2. The van der Waals surface area contributed by atoms with Crippen molar-refractivity contribution in [2.24, 2.45) is 0 Å². The van der Waals surface area contributed by atoms with Gasteiger partial charge in [-0.1, -0.05) is 23.4 Å². The van der Waals surface area contributed by atoms with Crippen LogP contribution in [0.2, 0.25) is 0 Å². The van der Waals surface area contributed by atoms with Gasteiger partial charge in [0.25, 0.3) is 0 Å². The Morgan fingerprint density at radius 2 is 1.86 bits per heavy atom. The zero-order valence-electron chi connectivity index (χ0n) is 10.6. The molecule has 0 unspecified atom stereocenters. The molecular formula is C14H9ClF3N3. The Labute approximate surface area is 122 Å². The van der Waals surface area contributed by atoms with Crippen LogP contribution in [0.5, 0.6) is 0 Å². The Balaban J connectivity index is 2.27. The summed E-state index contributed by atoms with van der Waals surface area (Å²) in [5.74, 6) is 0.0153.